The molecular formula is C29H32F2N2O3. The summed E-state index contributed by atoms with van der Waals surface area (Å²) in [6.07, 6.45) is 1.30. The van der Waals surface area contributed by atoms with Gasteiger partial charge in [-0.05, 0) is 69.0 Å². The first-order valence-corrected chi connectivity index (χ1v) is 12.3. The van der Waals surface area contributed by atoms with Crippen LogP contribution in [0.4, 0.5) is 14.5 Å². The smallest absolute Gasteiger partial charge is 0.307 e. The average Bonchev–Trinajstić information content (AvgIpc) is 2.82. The molecule has 0 amide bonds. The van der Waals surface area contributed by atoms with Gasteiger partial charge in [-0.2, -0.15) is 0 Å². The maximum absolute atomic E-state index is 14.6. The molecule has 1 aromatic heterocycles. The highest BCUT2D eigenvalue weighted by Crippen LogP contribution is 2.41. The lowest BCUT2D eigenvalue weighted by Crippen LogP contribution is -2.41. The zero-order chi connectivity index (χ0) is 25.9. The van der Waals surface area contributed by atoms with Gasteiger partial charge in [-0.25, -0.2) is 8.78 Å². The Hall–Kier alpha value is -3.48. The van der Waals surface area contributed by atoms with E-state index in [9.17, 15) is 18.7 Å². The van der Waals surface area contributed by atoms with Crippen LogP contribution < -0.4 is 9.64 Å². The minimum atomic E-state index is -1.21. The number of halogens is 2. The van der Waals surface area contributed by atoms with Crippen LogP contribution in [0.15, 0.2) is 48.5 Å². The van der Waals surface area contributed by atoms with Crippen molar-refractivity contribution in [1.29, 1.82) is 0 Å². The monoisotopic (exact) mass is 494 g/mol. The van der Waals surface area contributed by atoms with Gasteiger partial charge < -0.3 is 14.7 Å². The number of hydrogen-bond donors (Lipinski definition) is 1. The van der Waals surface area contributed by atoms with E-state index in [0.717, 1.165) is 28.1 Å². The van der Waals surface area contributed by atoms with Crippen molar-refractivity contribution in [3.63, 3.8) is 0 Å². The van der Waals surface area contributed by atoms with Gasteiger partial charge in [0.1, 0.15) is 17.2 Å². The first kappa shape index (κ1) is 25.6. The maximum atomic E-state index is 14.6. The third kappa shape index (κ3) is 6.01. The lowest BCUT2D eigenvalue weighted by molar-refractivity contribution is -0.136. The Kier molecular flexibility index (Phi) is 7.57. The number of aliphatic carboxylic acids is 1. The predicted molar refractivity (Wildman–Crippen MR) is 137 cm³/mol. The molecule has 36 heavy (non-hydrogen) atoms. The van der Waals surface area contributed by atoms with E-state index in [1.807, 2.05) is 38.1 Å². The summed E-state index contributed by atoms with van der Waals surface area (Å²) in [5, 5.41) is 9.60. The number of rotatable bonds is 8. The van der Waals surface area contributed by atoms with Crippen LogP contribution in [0, 0.1) is 19.7 Å². The second kappa shape index (κ2) is 10.6. The third-order valence-electron chi connectivity index (χ3n) is 6.82. The predicted octanol–water partition coefficient (Wildman–Crippen LogP) is 6.08. The van der Waals surface area contributed by atoms with Gasteiger partial charge in [-0.15, -0.1) is 0 Å². The van der Waals surface area contributed by atoms with E-state index < -0.39 is 11.6 Å². The Labute approximate surface area is 210 Å². The Balaban J connectivity index is 1.61. The summed E-state index contributed by atoms with van der Waals surface area (Å²) in [5.41, 5.74) is 4.55. The average molecular weight is 495 g/mol. The topological polar surface area (TPSA) is 62.7 Å². The maximum Gasteiger partial charge on any atom is 0.307 e. The number of hydrogen-bond acceptors (Lipinski definition) is 4. The normalized spacial score (nSPS) is 15.1. The van der Waals surface area contributed by atoms with Gasteiger partial charge in [0.15, 0.2) is 0 Å². The van der Waals surface area contributed by atoms with Gasteiger partial charge in [0.25, 0.3) is 0 Å². The molecule has 0 radical (unpaired) electrons. The van der Waals surface area contributed by atoms with Gasteiger partial charge >= 0.3 is 5.97 Å². The molecular weight excluding hydrogens is 462 g/mol. The van der Waals surface area contributed by atoms with E-state index in [2.05, 4.69) is 9.88 Å². The van der Waals surface area contributed by atoms with Gasteiger partial charge in [0.2, 0.25) is 0 Å². The zero-order valence-corrected chi connectivity index (χ0v) is 21.0. The van der Waals surface area contributed by atoms with Gasteiger partial charge in [0.05, 0.1) is 18.7 Å². The first-order valence-electron chi connectivity index (χ1n) is 12.3. The molecule has 0 atom stereocenters. The number of ether oxygens (including phenoxy) is 1. The number of aryl methyl sites for hydroxylation is 2. The minimum absolute atomic E-state index is 0.143. The molecule has 0 bridgehead atoms. The number of benzene rings is 2. The van der Waals surface area contributed by atoms with Crippen LogP contribution in [0.5, 0.6) is 5.75 Å². The zero-order valence-electron chi connectivity index (χ0n) is 21.0. The van der Waals surface area contributed by atoms with E-state index in [1.54, 1.807) is 19.1 Å². The molecule has 0 unspecified atom stereocenters. The number of alkyl halides is 1. The number of carbonyl (C=O) groups is 1. The van der Waals surface area contributed by atoms with E-state index in [0.29, 0.717) is 56.0 Å². The first-order chi connectivity index (χ1) is 17.1. The lowest BCUT2D eigenvalue weighted by Gasteiger charge is -2.38. The standard InChI is InChI=1S/C29H32F2N2O3/c1-19-25(18-26(34)35)28(33-15-13-29(3,31)14-16-33)27(20(2)32-19)22-6-10-24(11-7-22)36-17-12-21-4-8-23(30)9-5-21/h4-11H,12-18H2,1-3H3,(H,34,35). The highest BCUT2D eigenvalue weighted by atomic mass is 19.1. The summed E-state index contributed by atoms with van der Waals surface area (Å²) in [6.45, 7) is 6.87. The van der Waals surface area contributed by atoms with Gasteiger partial charge in [-0.3, -0.25) is 9.78 Å². The number of carboxylic acid groups (broad SMARTS) is 1. The minimum Gasteiger partial charge on any atom is -0.493 e. The molecule has 2 aromatic carbocycles. The number of piperidine rings is 1. The lowest BCUT2D eigenvalue weighted by atomic mass is 9.91. The van der Waals surface area contributed by atoms with Crippen LogP contribution in [0.1, 0.15) is 42.3 Å². The van der Waals surface area contributed by atoms with Crippen molar-refractivity contribution < 1.29 is 23.4 Å². The quantitative estimate of drug-likeness (QED) is 0.411. The van der Waals surface area contributed by atoms with Crippen molar-refractivity contribution >= 4 is 11.7 Å². The molecule has 1 saturated heterocycles. The van der Waals surface area contributed by atoms with Crippen LogP contribution in [0.25, 0.3) is 11.1 Å². The van der Waals surface area contributed by atoms with Crippen LogP contribution >= 0.6 is 0 Å². The Morgan fingerprint density at radius 1 is 1.06 bits per heavy atom. The van der Waals surface area contributed by atoms with Gasteiger partial charge in [-0.1, -0.05) is 24.3 Å². The summed E-state index contributed by atoms with van der Waals surface area (Å²) in [4.78, 5) is 18.5. The largest absolute Gasteiger partial charge is 0.493 e. The molecule has 4 rings (SSSR count). The van der Waals surface area contributed by atoms with Crippen molar-refractivity contribution in [1.82, 2.24) is 4.98 Å². The van der Waals surface area contributed by atoms with Crippen LogP contribution in [0.3, 0.4) is 0 Å². The molecule has 0 aliphatic carbocycles. The summed E-state index contributed by atoms with van der Waals surface area (Å²) in [6, 6.07) is 14.0. The number of aromatic nitrogens is 1. The molecule has 1 N–H and O–H groups in total. The number of carboxylic acids is 1. The molecule has 190 valence electrons. The number of anilines is 1. The van der Waals surface area contributed by atoms with Crippen molar-refractivity contribution in [2.75, 3.05) is 24.6 Å². The Morgan fingerprint density at radius 2 is 1.69 bits per heavy atom. The molecule has 3 aromatic rings. The van der Waals surface area contributed by atoms with Crippen molar-refractivity contribution in [2.45, 2.75) is 52.1 Å². The molecule has 7 heteroatoms. The molecule has 2 heterocycles. The third-order valence-corrected chi connectivity index (χ3v) is 6.82. The fraction of sp³-hybridized carbons (Fsp3) is 0.379. The highest BCUT2D eigenvalue weighted by Gasteiger charge is 2.32. The fourth-order valence-corrected chi connectivity index (χ4v) is 4.78. The van der Waals surface area contributed by atoms with Crippen LogP contribution in [-0.4, -0.2) is 41.4 Å². The highest BCUT2D eigenvalue weighted by molar-refractivity contribution is 5.86. The van der Waals surface area contributed by atoms with Gasteiger partial charge in [0, 0.05) is 42.0 Å². The van der Waals surface area contributed by atoms with E-state index >= 15 is 0 Å². The second-order valence-electron chi connectivity index (χ2n) is 9.71. The molecule has 1 fully saturated rings. The SMILES string of the molecule is Cc1nc(C)c(-c2ccc(OCCc3ccc(F)cc3)cc2)c(N2CCC(C)(F)CC2)c1CC(=O)O. The number of nitrogens with zero attached hydrogens (tertiary/aromatic N) is 2. The molecule has 1 aliphatic heterocycles. The van der Waals surface area contributed by atoms with Crippen molar-refractivity contribution in [3.05, 3.63) is 76.9 Å². The van der Waals surface area contributed by atoms with Crippen LogP contribution in [0.2, 0.25) is 0 Å². The molecule has 0 saturated carbocycles. The Morgan fingerprint density at radius 3 is 2.31 bits per heavy atom. The van der Waals surface area contributed by atoms with E-state index in [1.165, 1.54) is 12.1 Å². The Bertz CT molecular complexity index is 1210. The van der Waals surface area contributed by atoms with E-state index in [4.69, 9.17) is 4.74 Å². The fourth-order valence-electron chi connectivity index (χ4n) is 4.78. The molecule has 5 nitrogen and oxygen atoms in total. The summed E-state index contributed by atoms with van der Waals surface area (Å²) in [7, 11) is 0. The summed E-state index contributed by atoms with van der Waals surface area (Å²) >= 11 is 0. The van der Waals surface area contributed by atoms with Crippen molar-refractivity contribution in [2.24, 2.45) is 0 Å². The number of pyridine rings is 1. The van der Waals surface area contributed by atoms with Crippen molar-refractivity contribution in [3.8, 4) is 16.9 Å². The van der Waals surface area contributed by atoms with E-state index in [-0.39, 0.29) is 12.2 Å². The molecule has 1 aliphatic rings. The molecule has 0 spiro atoms. The summed E-state index contributed by atoms with van der Waals surface area (Å²) in [5.74, 6) is -0.476. The summed E-state index contributed by atoms with van der Waals surface area (Å²) < 4.78 is 33.5. The second-order valence-corrected chi connectivity index (χ2v) is 9.71. The van der Waals surface area contributed by atoms with Crippen LogP contribution in [-0.2, 0) is 17.6 Å².